The zero-order chi connectivity index (χ0) is 17.7. The van der Waals surface area contributed by atoms with Crippen molar-refractivity contribution in [3.05, 3.63) is 35.7 Å². The molecule has 0 spiro atoms. The van der Waals surface area contributed by atoms with Gasteiger partial charge in [-0.1, -0.05) is 0 Å². The third kappa shape index (κ3) is 2.99. The maximum absolute atomic E-state index is 12.8. The van der Waals surface area contributed by atoms with Gasteiger partial charge in [0.2, 0.25) is 10.0 Å². The first-order chi connectivity index (χ1) is 11.1. The van der Waals surface area contributed by atoms with Crippen LogP contribution < -0.4 is 15.2 Å². The summed E-state index contributed by atoms with van der Waals surface area (Å²) in [6.07, 6.45) is 1.87. The van der Waals surface area contributed by atoms with Crippen LogP contribution in [0.4, 0.5) is 5.69 Å². The Bertz CT molecular complexity index is 887. The first-order valence-electron chi connectivity index (χ1n) is 7.68. The molecule has 0 saturated carbocycles. The SMILES string of the molecule is Cc1c(S(=O)(=O)NC2CC(C)(C)Oc3ccc(N)cc32)cnn1C. The van der Waals surface area contributed by atoms with E-state index in [1.54, 1.807) is 32.2 Å². The van der Waals surface area contributed by atoms with E-state index in [0.717, 1.165) is 5.56 Å². The summed E-state index contributed by atoms with van der Waals surface area (Å²) in [5, 5.41) is 4.02. The molecule has 3 rings (SSSR count). The standard InChI is InChI=1S/C16H22N4O3S/c1-10-15(9-18-20(10)4)24(21,22)19-13-8-16(2,3)23-14-6-5-11(17)7-12(13)14/h5-7,9,13,19H,8,17H2,1-4H3. The summed E-state index contributed by atoms with van der Waals surface area (Å²) < 4.78 is 35.9. The third-order valence-corrected chi connectivity index (χ3v) is 5.84. The molecule has 7 nitrogen and oxygen atoms in total. The predicted molar refractivity (Wildman–Crippen MR) is 91.2 cm³/mol. The molecule has 24 heavy (non-hydrogen) atoms. The van der Waals surface area contributed by atoms with Crippen LogP contribution in [0.2, 0.25) is 0 Å². The van der Waals surface area contributed by atoms with Crippen LogP contribution in [0, 0.1) is 6.92 Å². The lowest BCUT2D eigenvalue weighted by Crippen LogP contribution is -2.41. The fourth-order valence-corrected chi connectivity index (χ4v) is 4.39. The van der Waals surface area contributed by atoms with Crippen LogP contribution in [0.3, 0.4) is 0 Å². The minimum Gasteiger partial charge on any atom is -0.487 e. The Morgan fingerprint density at radius 1 is 1.42 bits per heavy atom. The second kappa shape index (κ2) is 5.49. The molecule has 3 N–H and O–H groups in total. The average molecular weight is 350 g/mol. The molecule has 0 fully saturated rings. The number of ether oxygens (including phenoxy) is 1. The van der Waals surface area contributed by atoms with Gasteiger partial charge in [0.1, 0.15) is 16.2 Å². The molecule has 0 radical (unpaired) electrons. The lowest BCUT2D eigenvalue weighted by molar-refractivity contribution is 0.0702. The topological polar surface area (TPSA) is 99.2 Å². The summed E-state index contributed by atoms with van der Waals surface area (Å²) in [6.45, 7) is 5.59. The van der Waals surface area contributed by atoms with E-state index in [9.17, 15) is 8.42 Å². The molecule has 1 atom stereocenters. The number of sulfonamides is 1. The van der Waals surface area contributed by atoms with Crippen molar-refractivity contribution in [3.63, 3.8) is 0 Å². The van der Waals surface area contributed by atoms with Crippen molar-refractivity contribution in [2.24, 2.45) is 7.05 Å². The lowest BCUT2D eigenvalue weighted by atomic mass is 9.90. The molecule has 2 aromatic rings. The van der Waals surface area contributed by atoms with Crippen LogP contribution >= 0.6 is 0 Å². The van der Waals surface area contributed by atoms with Crippen LogP contribution in [-0.2, 0) is 17.1 Å². The Kier molecular flexibility index (Phi) is 3.84. The molecule has 0 amide bonds. The van der Waals surface area contributed by atoms with Gasteiger partial charge in [0.15, 0.2) is 0 Å². The number of nitrogens with zero attached hydrogens (tertiary/aromatic N) is 2. The molecule has 0 aliphatic carbocycles. The van der Waals surface area contributed by atoms with Crippen molar-refractivity contribution in [1.29, 1.82) is 0 Å². The second-order valence-electron chi connectivity index (χ2n) is 6.75. The minimum absolute atomic E-state index is 0.180. The molecule has 0 saturated heterocycles. The summed E-state index contributed by atoms with van der Waals surface area (Å²) in [7, 11) is -1.99. The van der Waals surface area contributed by atoms with E-state index in [-0.39, 0.29) is 4.90 Å². The molecule has 1 unspecified atom stereocenters. The average Bonchev–Trinajstić information content (AvgIpc) is 2.79. The van der Waals surface area contributed by atoms with Gasteiger partial charge in [0.05, 0.1) is 17.9 Å². The number of nitrogens with two attached hydrogens (primary N) is 1. The van der Waals surface area contributed by atoms with Crippen LogP contribution in [0.25, 0.3) is 0 Å². The van der Waals surface area contributed by atoms with Gasteiger partial charge in [-0.2, -0.15) is 5.10 Å². The molecule has 1 aliphatic heterocycles. The van der Waals surface area contributed by atoms with Crippen LogP contribution in [0.1, 0.15) is 37.6 Å². The third-order valence-electron chi connectivity index (χ3n) is 4.27. The second-order valence-corrected chi connectivity index (χ2v) is 8.44. The van der Waals surface area contributed by atoms with Crippen molar-refractivity contribution in [2.75, 3.05) is 5.73 Å². The number of hydrogen-bond donors (Lipinski definition) is 2. The number of rotatable bonds is 3. The number of nitrogens with one attached hydrogen (secondary N) is 1. The summed E-state index contributed by atoms with van der Waals surface area (Å²) in [6, 6.07) is 4.87. The number of anilines is 1. The van der Waals surface area contributed by atoms with Crippen LogP contribution in [0.5, 0.6) is 5.75 Å². The number of aromatic nitrogens is 2. The van der Waals surface area contributed by atoms with E-state index in [4.69, 9.17) is 10.5 Å². The van der Waals surface area contributed by atoms with Gasteiger partial charge in [0.25, 0.3) is 0 Å². The highest BCUT2D eigenvalue weighted by Crippen LogP contribution is 2.41. The summed E-state index contributed by atoms with van der Waals surface area (Å²) >= 11 is 0. The Morgan fingerprint density at radius 2 is 2.12 bits per heavy atom. The summed E-state index contributed by atoms with van der Waals surface area (Å²) in [4.78, 5) is 0.180. The Morgan fingerprint density at radius 3 is 2.75 bits per heavy atom. The number of benzene rings is 1. The van der Waals surface area contributed by atoms with Crippen LogP contribution in [0.15, 0.2) is 29.3 Å². The molecular formula is C16H22N4O3S. The highest BCUT2D eigenvalue weighted by molar-refractivity contribution is 7.89. The van der Waals surface area contributed by atoms with E-state index in [1.165, 1.54) is 10.9 Å². The van der Waals surface area contributed by atoms with Gasteiger partial charge in [0, 0.05) is 24.7 Å². The molecule has 2 heterocycles. The normalized spacial score (nSPS) is 19.6. The van der Waals surface area contributed by atoms with Gasteiger partial charge in [-0.3, -0.25) is 4.68 Å². The molecule has 0 bridgehead atoms. The molecule has 1 aromatic heterocycles. The first kappa shape index (κ1) is 16.8. The summed E-state index contributed by atoms with van der Waals surface area (Å²) in [5.74, 6) is 0.649. The van der Waals surface area contributed by atoms with Gasteiger partial charge >= 0.3 is 0 Å². The first-order valence-corrected chi connectivity index (χ1v) is 9.17. The van der Waals surface area contributed by atoms with Crippen LogP contribution in [-0.4, -0.2) is 23.8 Å². The summed E-state index contributed by atoms with van der Waals surface area (Å²) in [5.41, 5.74) is 7.28. The van der Waals surface area contributed by atoms with Crippen molar-refractivity contribution < 1.29 is 13.2 Å². The Balaban J connectivity index is 2.00. The molecule has 1 aromatic carbocycles. The smallest absolute Gasteiger partial charge is 0.244 e. The maximum Gasteiger partial charge on any atom is 0.244 e. The Labute approximate surface area is 141 Å². The quantitative estimate of drug-likeness (QED) is 0.824. The van der Waals surface area contributed by atoms with E-state index in [1.807, 2.05) is 13.8 Å². The largest absolute Gasteiger partial charge is 0.487 e. The van der Waals surface area contributed by atoms with Gasteiger partial charge in [-0.05, 0) is 39.0 Å². The molecular weight excluding hydrogens is 328 g/mol. The molecule has 1 aliphatic rings. The number of aryl methyl sites for hydroxylation is 1. The zero-order valence-electron chi connectivity index (χ0n) is 14.2. The zero-order valence-corrected chi connectivity index (χ0v) is 15.0. The van der Waals surface area contributed by atoms with Gasteiger partial charge in [-0.25, -0.2) is 13.1 Å². The molecule has 130 valence electrons. The van der Waals surface area contributed by atoms with Crippen molar-refractivity contribution >= 4 is 15.7 Å². The number of hydrogen-bond acceptors (Lipinski definition) is 5. The predicted octanol–water partition coefficient (Wildman–Crippen LogP) is 1.89. The van der Waals surface area contributed by atoms with E-state index >= 15 is 0 Å². The van der Waals surface area contributed by atoms with Gasteiger partial charge in [-0.15, -0.1) is 0 Å². The van der Waals surface area contributed by atoms with E-state index in [2.05, 4.69) is 9.82 Å². The molecule has 8 heteroatoms. The highest BCUT2D eigenvalue weighted by Gasteiger charge is 2.36. The fraction of sp³-hybridized carbons (Fsp3) is 0.438. The lowest BCUT2D eigenvalue weighted by Gasteiger charge is -2.37. The van der Waals surface area contributed by atoms with E-state index < -0.39 is 21.7 Å². The fourth-order valence-electron chi connectivity index (χ4n) is 2.97. The van der Waals surface area contributed by atoms with Gasteiger partial charge < -0.3 is 10.5 Å². The number of nitrogen functional groups attached to an aromatic ring is 1. The van der Waals surface area contributed by atoms with Crippen molar-refractivity contribution in [2.45, 2.75) is 43.7 Å². The van der Waals surface area contributed by atoms with Crippen molar-refractivity contribution in [3.8, 4) is 5.75 Å². The highest BCUT2D eigenvalue weighted by atomic mass is 32.2. The Hall–Kier alpha value is -2.06. The maximum atomic E-state index is 12.8. The number of fused-ring (bicyclic) bond motifs is 1. The van der Waals surface area contributed by atoms with Crippen molar-refractivity contribution in [1.82, 2.24) is 14.5 Å². The monoisotopic (exact) mass is 350 g/mol. The minimum atomic E-state index is -3.71. The van der Waals surface area contributed by atoms with E-state index in [0.29, 0.717) is 23.6 Å².